The third-order valence-electron chi connectivity index (χ3n) is 5.90. The third kappa shape index (κ3) is 3.38. The first-order valence-corrected chi connectivity index (χ1v) is 10.4. The van der Waals surface area contributed by atoms with Crippen LogP contribution in [0.25, 0.3) is 27.7 Å². The van der Waals surface area contributed by atoms with Gasteiger partial charge in [-0.15, -0.1) is 0 Å². The van der Waals surface area contributed by atoms with E-state index in [2.05, 4.69) is 20.3 Å². The number of aryl methyl sites for hydroxylation is 1. The van der Waals surface area contributed by atoms with Gasteiger partial charge in [0, 0.05) is 47.5 Å². The van der Waals surface area contributed by atoms with Gasteiger partial charge in [0.2, 0.25) is 5.91 Å². The van der Waals surface area contributed by atoms with Crippen LogP contribution in [0.5, 0.6) is 0 Å². The van der Waals surface area contributed by atoms with Gasteiger partial charge in [-0.25, -0.2) is 18.7 Å². The van der Waals surface area contributed by atoms with Crippen molar-refractivity contribution < 1.29 is 18.7 Å². The number of imidazole rings is 1. The summed E-state index contributed by atoms with van der Waals surface area (Å²) in [6.07, 6.45) is 6.36. The molecule has 0 aromatic carbocycles. The van der Waals surface area contributed by atoms with Crippen LogP contribution in [-0.4, -0.2) is 36.3 Å². The second-order valence-electron chi connectivity index (χ2n) is 8.16. The van der Waals surface area contributed by atoms with Crippen molar-refractivity contribution in [3.05, 3.63) is 54.2 Å². The smallest absolute Gasteiger partial charge is 0.260 e. The number of anilines is 1. The number of alkyl halides is 2. The van der Waals surface area contributed by atoms with Gasteiger partial charge in [-0.3, -0.25) is 14.2 Å². The number of fused-ring (bicyclic) bond motifs is 3. The number of aliphatic hydroxyl groups excluding tert-OH is 1. The second kappa shape index (κ2) is 7.30. The molecule has 1 aliphatic rings. The van der Waals surface area contributed by atoms with E-state index >= 15 is 0 Å². The van der Waals surface area contributed by atoms with Crippen LogP contribution in [0, 0.1) is 12.8 Å². The van der Waals surface area contributed by atoms with Crippen LogP contribution in [-0.2, 0) is 4.79 Å². The Labute approximate surface area is 182 Å². The summed E-state index contributed by atoms with van der Waals surface area (Å²) in [4.78, 5) is 25.2. The minimum absolute atomic E-state index is 0.207. The summed E-state index contributed by atoms with van der Waals surface area (Å²) in [7, 11) is 0. The van der Waals surface area contributed by atoms with Gasteiger partial charge in [-0.05, 0) is 37.1 Å². The van der Waals surface area contributed by atoms with Crippen molar-refractivity contribution in [1.82, 2.24) is 19.4 Å². The monoisotopic (exact) mass is 437 g/mol. The van der Waals surface area contributed by atoms with E-state index in [1.54, 1.807) is 24.7 Å². The Morgan fingerprint density at radius 3 is 2.75 bits per heavy atom. The van der Waals surface area contributed by atoms with Crippen molar-refractivity contribution >= 4 is 28.1 Å². The Hall–Kier alpha value is -3.46. The second-order valence-corrected chi connectivity index (χ2v) is 8.16. The fourth-order valence-corrected chi connectivity index (χ4v) is 3.91. The van der Waals surface area contributed by atoms with E-state index in [9.17, 15) is 18.7 Å². The number of amides is 1. The molecule has 0 bridgehead atoms. The average Bonchev–Trinajstić information content (AvgIpc) is 3.18. The standard InChI is InChI=1S/C23H21F2N5O2/c1-3-19(31)17-6-12(2)15(11-27-17)18-7-13-10-28-20(29-22(32)16-9-23(16,24)25)8-14(13)21-26-4-5-30(18)21/h4-8,10-11,16,19,31H,3,9H2,1-2H3,(H,28,29,32)/t16-,19-/m1/s1. The van der Waals surface area contributed by atoms with Crippen LogP contribution in [0.3, 0.4) is 0 Å². The van der Waals surface area contributed by atoms with Crippen molar-refractivity contribution in [1.29, 1.82) is 0 Å². The normalized spacial score (nSPS) is 18.1. The molecule has 4 aromatic heterocycles. The van der Waals surface area contributed by atoms with Gasteiger partial charge in [0.25, 0.3) is 5.92 Å². The fourth-order valence-electron chi connectivity index (χ4n) is 3.91. The maximum Gasteiger partial charge on any atom is 0.260 e. The van der Waals surface area contributed by atoms with E-state index in [1.807, 2.05) is 36.6 Å². The SMILES string of the molecule is CC[C@@H](O)c1cc(C)c(-c2cc3cnc(NC(=O)[C@H]4CC4(F)F)cc3c3nccn23)cn1. The summed E-state index contributed by atoms with van der Waals surface area (Å²) in [6, 6.07) is 5.46. The first-order valence-electron chi connectivity index (χ1n) is 10.4. The highest BCUT2D eigenvalue weighted by molar-refractivity contribution is 6.00. The molecule has 2 atom stereocenters. The molecule has 32 heavy (non-hydrogen) atoms. The fraction of sp³-hybridized carbons (Fsp3) is 0.304. The maximum absolute atomic E-state index is 13.2. The molecule has 0 saturated heterocycles. The van der Waals surface area contributed by atoms with Crippen LogP contribution in [0.15, 0.2) is 43.0 Å². The van der Waals surface area contributed by atoms with E-state index in [-0.39, 0.29) is 5.82 Å². The van der Waals surface area contributed by atoms with Gasteiger partial charge in [0.15, 0.2) is 0 Å². The lowest BCUT2D eigenvalue weighted by atomic mass is 10.0. The zero-order valence-electron chi connectivity index (χ0n) is 17.5. The number of aromatic nitrogens is 4. The van der Waals surface area contributed by atoms with Crippen LogP contribution in [0.2, 0.25) is 0 Å². The molecule has 0 spiro atoms. The van der Waals surface area contributed by atoms with Crippen molar-refractivity contribution in [3.8, 4) is 11.3 Å². The Kier molecular flexibility index (Phi) is 4.67. The molecule has 9 heteroatoms. The largest absolute Gasteiger partial charge is 0.387 e. The van der Waals surface area contributed by atoms with Gasteiger partial charge in [0.05, 0.1) is 17.5 Å². The van der Waals surface area contributed by atoms with E-state index in [0.29, 0.717) is 17.8 Å². The summed E-state index contributed by atoms with van der Waals surface area (Å²) in [5, 5.41) is 14.1. The summed E-state index contributed by atoms with van der Waals surface area (Å²) in [5.74, 6) is -4.74. The van der Waals surface area contributed by atoms with Crippen LogP contribution in [0.1, 0.15) is 37.1 Å². The molecule has 4 heterocycles. The predicted octanol–water partition coefficient (Wildman–Crippen LogP) is 4.29. The lowest BCUT2D eigenvalue weighted by Crippen LogP contribution is -2.18. The summed E-state index contributed by atoms with van der Waals surface area (Å²) >= 11 is 0. The Bertz CT molecular complexity index is 1370. The minimum atomic E-state index is -2.93. The number of carbonyl (C=O) groups is 1. The molecule has 164 valence electrons. The maximum atomic E-state index is 13.2. The van der Waals surface area contributed by atoms with E-state index in [1.165, 1.54) is 0 Å². The Morgan fingerprint density at radius 1 is 1.28 bits per heavy atom. The molecule has 2 N–H and O–H groups in total. The summed E-state index contributed by atoms with van der Waals surface area (Å²) in [6.45, 7) is 3.86. The number of nitrogens with one attached hydrogen (secondary N) is 1. The predicted molar refractivity (Wildman–Crippen MR) is 115 cm³/mol. The molecule has 1 fully saturated rings. The van der Waals surface area contributed by atoms with Gasteiger partial charge in [-0.1, -0.05) is 6.92 Å². The first kappa shape index (κ1) is 20.4. The van der Waals surface area contributed by atoms with Crippen LogP contribution in [0.4, 0.5) is 14.6 Å². The zero-order chi connectivity index (χ0) is 22.6. The van der Waals surface area contributed by atoms with Crippen molar-refractivity contribution in [2.24, 2.45) is 5.92 Å². The van der Waals surface area contributed by atoms with E-state index < -0.39 is 30.3 Å². The summed E-state index contributed by atoms with van der Waals surface area (Å²) in [5.41, 5.74) is 3.96. The molecule has 7 nitrogen and oxygen atoms in total. The Morgan fingerprint density at radius 2 is 2.06 bits per heavy atom. The Balaban J connectivity index is 1.56. The molecule has 0 unspecified atom stereocenters. The van der Waals surface area contributed by atoms with Crippen molar-refractivity contribution in [2.75, 3.05) is 5.32 Å². The van der Waals surface area contributed by atoms with Gasteiger partial charge in [-0.2, -0.15) is 0 Å². The number of rotatable bonds is 5. The molecule has 1 saturated carbocycles. The van der Waals surface area contributed by atoms with Crippen molar-refractivity contribution in [2.45, 2.75) is 38.7 Å². The number of nitrogens with zero attached hydrogens (tertiary/aromatic N) is 4. The molecule has 1 amide bonds. The third-order valence-corrected chi connectivity index (χ3v) is 5.90. The number of carbonyl (C=O) groups excluding carboxylic acids is 1. The highest BCUT2D eigenvalue weighted by Gasteiger charge is 2.61. The molecule has 5 rings (SSSR count). The van der Waals surface area contributed by atoms with Crippen LogP contribution >= 0.6 is 0 Å². The van der Waals surface area contributed by atoms with Gasteiger partial charge in [0.1, 0.15) is 17.4 Å². The lowest BCUT2D eigenvalue weighted by molar-refractivity contribution is -0.119. The van der Waals surface area contributed by atoms with E-state index in [0.717, 1.165) is 27.6 Å². The molecule has 4 aromatic rings. The molecular weight excluding hydrogens is 416 g/mol. The molecule has 0 aliphatic heterocycles. The van der Waals surface area contributed by atoms with E-state index in [4.69, 9.17) is 0 Å². The zero-order valence-corrected chi connectivity index (χ0v) is 17.5. The first-order chi connectivity index (χ1) is 15.3. The number of halogens is 2. The minimum Gasteiger partial charge on any atom is -0.387 e. The highest BCUT2D eigenvalue weighted by Crippen LogP contribution is 2.49. The van der Waals surface area contributed by atoms with Gasteiger partial charge < -0.3 is 10.4 Å². The summed E-state index contributed by atoms with van der Waals surface area (Å²) < 4.78 is 28.3. The average molecular weight is 437 g/mol. The lowest BCUT2D eigenvalue weighted by Gasteiger charge is -2.14. The van der Waals surface area contributed by atoms with Crippen LogP contribution < -0.4 is 5.32 Å². The number of hydrogen-bond acceptors (Lipinski definition) is 5. The quantitative estimate of drug-likeness (QED) is 0.486. The number of pyridine rings is 3. The van der Waals surface area contributed by atoms with Gasteiger partial charge >= 0.3 is 0 Å². The number of aliphatic hydroxyl groups is 1. The molecule has 0 radical (unpaired) electrons. The highest BCUT2D eigenvalue weighted by atomic mass is 19.3. The topological polar surface area (TPSA) is 92.4 Å². The van der Waals surface area contributed by atoms with Crippen molar-refractivity contribution in [3.63, 3.8) is 0 Å². The molecular formula is C23H21F2N5O2. The molecule has 1 aliphatic carbocycles. The number of hydrogen-bond donors (Lipinski definition) is 2.